The Labute approximate surface area is 137 Å². The van der Waals surface area contributed by atoms with Crippen LogP contribution in [0.3, 0.4) is 0 Å². The molecular weight excluding hydrogens is 294 g/mol. The van der Waals surface area contributed by atoms with Crippen LogP contribution in [0, 0.1) is 6.92 Å². The summed E-state index contributed by atoms with van der Waals surface area (Å²) < 4.78 is 0. The number of halogens is 1. The van der Waals surface area contributed by atoms with Gasteiger partial charge in [0.05, 0.1) is 11.7 Å². The quantitative estimate of drug-likeness (QED) is 0.884. The van der Waals surface area contributed by atoms with E-state index in [0.717, 1.165) is 23.1 Å². The van der Waals surface area contributed by atoms with Crippen molar-refractivity contribution < 1.29 is 0 Å². The Balaban J connectivity index is 1.83. The molecule has 117 valence electrons. The molecule has 3 nitrogen and oxygen atoms in total. The van der Waals surface area contributed by atoms with Crippen molar-refractivity contribution >= 4 is 28.2 Å². The van der Waals surface area contributed by atoms with Crippen LogP contribution in [-0.2, 0) is 0 Å². The highest BCUT2D eigenvalue weighted by molar-refractivity contribution is 6.31. The van der Waals surface area contributed by atoms with E-state index in [1.165, 1.54) is 25.7 Å². The molecule has 2 heterocycles. The van der Waals surface area contributed by atoms with E-state index in [2.05, 4.69) is 29.0 Å². The molecule has 1 aromatic heterocycles. The molecule has 0 saturated carbocycles. The molecule has 1 aliphatic heterocycles. The number of aromatic nitrogens is 1. The van der Waals surface area contributed by atoms with Crippen molar-refractivity contribution in [2.24, 2.45) is 0 Å². The van der Waals surface area contributed by atoms with Crippen molar-refractivity contribution in [3.05, 3.63) is 42.4 Å². The smallest absolute Gasteiger partial charge is 0.0797 e. The number of rotatable bonds is 4. The van der Waals surface area contributed by atoms with Crippen LogP contribution >= 0.6 is 11.6 Å². The van der Waals surface area contributed by atoms with Crippen LogP contribution in [0.1, 0.15) is 32.6 Å². The van der Waals surface area contributed by atoms with Gasteiger partial charge in [0.2, 0.25) is 0 Å². The summed E-state index contributed by atoms with van der Waals surface area (Å²) in [4.78, 5) is 6.89. The average Bonchev–Trinajstić information content (AvgIpc) is 2.54. The summed E-state index contributed by atoms with van der Waals surface area (Å²) in [6, 6.07) is 8.47. The van der Waals surface area contributed by atoms with Gasteiger partial charge in [-0.1, -0.05) is 24.9 Å². The number of likely N-dealkylation sites (tertiary alicyclic amines) is 1. The molecule has 1 N–H and O–H groups in total. The molecule has 1 radical (unpaired) electrons. The Morgan fingerprint density at radius 2 is 2.27 bits per heavy atom. The normalized spacial score (nSPS) is 21.0. The molecule has 1 aromatic carbocycles. The van der Waals surface area contributed by atoms with Crippen LogP contribution in [0.4, 0.5) is 5.69 Å². The highest BCUT2D eigenvalue weighted by Crippen LogP contribution is 2.27. The Kier molecular flexibility index (Phi) is 4.84. The molecule has 22 heavy (non-hydrogen) atoms. The molecule has 2 atom stereocenters. The Morgan fingerprint density at radius 3 is 3.09 bits per heavy atom. The molecule has 2 unspecified atom stereocenters. The van der Waals surface area contributed by atoms with E-state index in [4.69, 9.17) is 11.6 Å². The summed E-state index contributed by atoms with van der Waals surface area (Å²) in [5, 5.41) is 5.37. The second-order valence-corrected chi connectivity index (χ2v) is 6.41. The number of fused-ring (bicyclic) bond motifs is 1. The van der Waals surface area contributed by atoms with Crippen LogP contribution in [0.15, 0.2) is 30.5 Å². The summed E-state index contributed by atoms with van der Waals surface area (Å²) in [6.07, 6.45) is 6.94. The van der Waals surface area contributed by atoms with Gasteiger partial charge >= 0.3 is 0 Å². The second-order valence-electron chi connectivity index (χ2n) is 5.98. The first kappa shape index (κ1) is 15.6. The zero-order chi connectivity index (χ0) is 15.5. The SMILES string of the molecule is [CH2]C(Nc1ccnc2cc(Cl)ccc12)N1CCCCC1CC. The van der Waals surface area contributed by atoms with Crippen LogP contribution in [-0.4, -0.2) is 28.6 Å². The second kappa shape index (κ2) is 6.84. The minimum atomic E-state index is 0.0755. The largest absolute Gasteiger partial charge is 0.369 e. The molecule has 1 fully saturated rings. The van der Waals surface area contributed by atoms with Gasteiger partial charge in [0.1, 0.15) is 0 Å². The number of anilines is 1. The topological polar surface area (TPSA) is 28.2 Å². The van der Waals surface area contributed by atoms with E-state index in [1.54, 1.807) is 0 Å². The monoisotopic (exact) mass is 316 g/mol. The van der Waals surface area contributed by atoms with E-state index in [1.807, 2.05) is 30.5 Å². The number of nitrogens with one attached hydrogen (secondary N) is 1. The van der Waals surface area contributed by atoms with Crippen molar-refractivity contribution in [1.29, 1.82) is 0 Å². The van der Waals surface area contributed by atoms with E-state index in [0.29, 0.717) is 11.1 Å². The van der Waals surface area contributed by atoms with Crippen molar-refractivity contribution in [1.82, 2.24) is 9.88 Å². The van der Waals surface area contributed by atoms with Crippen molar-refractivity contribution in [3.63, 3.8) is 0 Å². The molecule has 3 rings (SSSR count). The van der Waals surface area contributed by atoms with E-state index < -0.39 is 0 Å². The summed E-state index contributed by atoms with van der Waals surface area (Å²) in [5.74, 6) is 0. The fourth-order valence-corrected chi connectivity index (χ4v) is 3.55. The van der Waals surface area contributed by atoms with E-state index in [9.17, 15) is 0 Å². The molecule has 4 heteroatoms. The van der Waals surface area contributed by atoms with Crippen molar-refractivity contribution in [2.75, 3.05) is 11.9 Å². The first-order valence-electron chi connectivity index (χ1n) is 8.08. The van der Waals surface area contributed by atoms with Gasteiger partial charge in [-0.25, -0.2) is 0 Å². The third kappa shape index (κ3) is 3.21. The number of piperidine rings is 1. The average molecular weight is 317 g/mol. The lowest BCUT2D eigenvalue weighted by Crippen LogP contribution is -2.48. The van der Waals surface area contributed by atoms with Crippen LogP contribution in [0.2, 0.25) is 5.02 Å². The maximum atomic E-state index is 6.06. The summed E-state index contributed by atoms with van der Waals surface area (Å²) in [7, 11) is 0. The van der Waals surface area contributed by atoms with E-state index >= 15 is 0 Å². The first-order chi connectivity index (χ1) is 10.7. The van der Waals surface area contributed by atoms with Gasteiger partial charge in [-0.15, -0.1) is 0 Å². The minimum absolute atomic E-state index is 0.0755. The Morgan fingerprint density at radius 1 is 1.41 bits per heavy atom. The Bertz CT molecular complexity index is 643. The van der Waals surface area contributed by atoms with Gasteiger partial charge in [0.25, 0.3) is 0 Å². The summed E-state index contributed by atoms with van der Waals surface area (Å²) in [5.41, 5.74) is 1.98. The fraction of sp³-hybridized carbons (Fsp3) is 0.444. The van der Waals surface area contributed by atoms with Gasteiger partial charge in [-0.2, -0.15) is 0 Å². The lowest BCUT2D eigenvalue weighted by molar-refractivity contribution is 0.124. The van der Waals surface area contributed by atoms with Crippen molar-refractivity contribution in [2.45, 2.75) is 44.8 Å². The summed E-state index contributed by atoms with van der Waals surface area (Å²) in [6.45, 7) is 7.73. The number of hydrogen-bond donors (Lipinski definition) is 1. The zero-order valence-corrected chi connectivity index (χ0v) is 13.8. The lowest BCUT2D eigenvalue weighted by Gasteiger charge is -2.40. The summed E-state index contributed by atoms with van der Waals surface area (Å²) >= 11 is 6.06. The maximum Gasteiger partial charge on any atom is 0.0797 e. The molecule has 0 amide bonds. The molecule has 0 bridgehead atoms. The minimum Gasteiger partial charge on any atom is -0.369 e. The molecule has 2 aromatic rings. The maximum absolute atomic E-state index is 6.06. The van der Waals surface area contributed by atoms with Gasteiger partial charge in [0.15, 0.2) is 0 Å². The van der Waals surface area contributed by atoms with Gasteiger partial charge < -0.3 is 5.32 Å². The Hall–Kier alpha value is -1.32. The molecule has 1 saturated heterocycles. The number of pyridine rings is 1. The van der Waals surface area contributed by atoms with Crippen LogP contribution in [0.25, 0.3) is 10.9 Å². The highest BCUT2D eigenvalue weighted by atomic mass is 35.5. The van der Waals surface area contributed by atoms with Gasteiger partial charge in [-0.3, -0.25) is 9.88 Å². The van der Waals surface area contributed by atoms with Crippen molar-refractivity contribution in [3.8, 4) is 0 Å². The predicted octanol–water partition coefficient (Wildman–Crippen LogP) is 4.72. The third-order valence-electron chi connectivity index (χ3n) is 4.57. The lowest BCUT2D eigenvalue weighted by atomic mass is 9.99. The molecule has 0 spiro atoms. The van der Waals surface area contributed by atoms with Gasteiger partial charge in [-0.05, 0) is 50.5 Å². The first-order valence-corrected chi connectivity index (χ1v) is 8.46. The van der Waals surface area contributed by atoms with Crippen LogP contribution < -0.4 is 5.32 Å². The predicted molar refractivity (Wildman–Crippen MR) is 94.2 cm³/mol. The number of benzene rings is 1. The third-order valence-corrected chi connectivity index (χ3v) is 4.81. The number of nitrogens with zero attached hydrogens (tertiary/aromatic N) is 2. The molecular formula is C18H23ClN3. The van der Waals surface area contributed by atoms with E-state index in [-0.39, 0.29) is 6.17 Å². The molecule has 0 aliphatic carbocycles. The zero-order valence-electron chi connectivity index (χ0n) is 13.1. The van der Waals surface area contributed by atoms with Crippen LogP contribution in [0.5, 0.6) is 0 Å². The number of hydrogen-bond acceptors (Lipinski definition) is 3. The fourth-order valence-electron chi connectivity index (χ4n) is 3.38. The standard InChI is InChI=1S/C18H23ClN3/c1-3-15-6-4-5-11-22(15)13(2)21-17-9-10-20-18-12-14(19)7-8-16(17)18/h7-10,12-13,15H,2-6,11H2,1H3,(H,20,21). The van der Waals surface area contributed by atoms with Gasteiger partial charge in [0, 0.05) is 34.9 Å². The molecule has 1 aliphatic rings. The highest BCUT2D eigenvalue weighted by Gasteiger charge is 2.25.